The van der Waals surface area contributed by atoms with E-state index in [4.69, 9.17) is 9.47 Å². The monoisotopic (exact) mass is 278 g/mol. The summed E-state index contributed by atoms with van der Waals surface area (Å²) >= 11 is 0. The Morgan fingerprint density at radius 2 is 1.95 bits per heavy atom. The van der Waals surface area contributed by atoms with Gasteiger partial charge in [0, 0.05) is 0 Å². The number of nitrogens with one attached hydrogen (secondary N) is 1. The lowest BCUT2D eigenvalue weighted by atomic mass is 10.1. The molecule has 0 radical (unpaired) electrons. The highest BCUT2D eigenvalue weighted by Crippen LogP contribution is 2.27. The van der Waals surface area contributed by atoms with Crippen LogP contribution < -0.4 is 10.1 Å². The standard InChI is InChI=1S/C13H14N2O5/c1-3-20-13(18)15-10(11(16)14-12(15)17)8-4-6-9(19-2)7-5-8/h4-7,10H,3H2,1-2H3,(H,14,16,17). The molecule has 0 aromatic heterocycles. The van der Waals surface area contributed by atoms with Crippen molar-refractivity contribution in [1.29, 1.82) is 0 Å². The Bertz CT molecular complexity index is 540. The fourth-order valence-electron chi connectivity index (χ4n) is 1.94. The van der Waals surface area contributed by atoms with E-state index in [0.717, 1.165) is 4.90 Å². The minimum atomic E-state index is -1.02. The second-order valence-corrected chi connectivity index (χ2v) is 4.04. The zero-order valence-corrected chi connectivity index (χ0v) is 11.1. The molecule has 0 aliphatic carbocycles. The van der Waals surface area contributed by atoms with Gasteiger partial charge in [-0.2, -0.15) is 0 Å². The maximum Gasteiger partial charge on any atom is 0.419 e. The molecule has 106 valence electrons. The highest BCUT2D eigenvalue weighted by Gasteiger charge is 2.44. The third-order valence-electron chi connectivity index (χ3n) is 2.85. The number of ether oxygens (including phenoxy) is 2. The highest BCUT2D eigenvalue weighted by molar-refractivity contribution is 6.10. The van der Waals surface area contributed by atoms with E-state index in [1.165, 1.54) is 7.11 Å². The summed E-state index contributed by atoms with van der Waals surface area (Å²) in [5, 5.41) is 2.10. The van der Waals surface area contributed by atoms with Gasteiger partial charge in [0.25, 0.3) is 5.91 Å². The summed E-state index contributed by atoms with van der Waals surface area (Å²) in [5.74, 6) is 0.0504. The fourth-order valence-corrected chi connectivity index (χ4v) is 1.94. The molecule has 1 unspecified atom stereocenters. The molecule has 0 bridgehead atoms. The lowest BCUT2D eigenvalue weighted by Crippen LogP contribution is -2.36. The van der Waals surface area contributed by atoms with Crippen molar-refractivity contribution < 1.29 is 23.9 Å². The van der Waals surface area contributed by atoms with Crippen LogP contribution in [0.15, 0.2) is 24.3 Å². The van der Waals surface area contributed by atoms with Crippen LogP contribution in [0, 0.1) is 0 Å². The Morgan fingerprint density at radius 1 is 1.30 bits per heavy atom. The van der Waals surface area contributed by atoms with Crippen LogP contribution in [0.4, 0.5) is 9.59 Å². The molecule has 4 amide bonds. The van der Waals surface area contributed by atoms with Gasteiger partial charge in [0.15, 0.2) is 0 Å². The molecule has 20 heavy (non-hydrogen) atoms. The average Bonchev–Trinajstić information content (AvgIpc) is 2.74. The highest BCUT2D eigenvalue weighted by atomic mass is 16.6. The first kappa shape index (κ1) is 13.9. The Kier molecular flexibility index (Phi) is 3.88. The van der Waals surface area contributed by atoms with Crippen molar-refractivity contribution >= 4 is 18.0 Å². The second-order valence-electron chi connectivity index (χ2n) is 4.04. The van der Waals surface area contributed by atoms with Crippen LogP contribution in [0.5, 0.6) is 5.75 Å². The molecule has 1 saturated heterocycles. The van der Waals surface area contributed by atoms with Crippen LogP contribution in [0.25, 0.3) is 0 Å². The number of nitrogens with zero attached hydrogens (tertiary/aromatic N) is 1. The van der Waals surface area contributed by atoms with E-state index in [0.29, 0.717) is 11.3 Å². The predicted octanol–water partition coefficient (Wildman–Crippen LogP) is 1.44. The normalized spacial score (nSPS) is 17.9. The summed E-state index contributed by atoms with van der Waals surface area (Å²) in [6.45, 7) is 1.74. The van der Waals surface area contributed by atoms with Gasteiger partial charge in [-0.05, 0) is 24.6 Å². The molecule has 1 atom stereocenters. The number of methoxy groups -OCH3 is 1. The molecule has 0 saturated carbocycles. The maximum absolute atomic E-state index is 11.8. The number of urea groups is 1. The van der Waals surface area contributed by atoms with Crippen molar-refractivity contribution in [1.82, 2.24) is 10.2 Å². The molecule has 7 nitrogen and oxygen atoms in total. The number of imide groups is 2. The third-order valence-corrected chi connectivity index (χ3v) is 2.85. The molecular formula is C13H14N2O5. The predicted molar refractivity (Wildman–Crippen MR) is 68.1 cm³/mol. The van der Waals surface area contributed by atoms with Gasteiger partial charge in [-0.1, -0.05) is 12.1 Å². The number of carbonyl (C=O) groups excluding carboxylic acids is 3. The smallest absolute Gasteiger partial charge is 0.419 e. The molecule has 1 aromatic carbocycles. The van der Waals surface area contributed by atoms with E-state index < -0.39 is 24.1 Å². The zero-order valence-electron chi connectivity index (χ0n) is 11.1. The number of carbonyl (C=O) groups is 3. The fraction of sp³-hybridized carbons (Fsp3) is 0.308. The van der Waals surface area contributed by atoms with Gasteiger partial charge >= 0.3 is 12.1 Å². The molecule has 1 aromatic rings. The molecule has 1 heterocycles. The van der Waals surface area contributed by atoms with Gasteiger partial charge in [0.2, 0.25) is 0 Å². The van der Waals surface area contributed by atoms with Crippen LogP contribution >= 0.6 is 0 Å². The summed E-state index contributed by atoms with van der Waals surface area (Å²) in [4.78, 5) is 36.1. The van der Waals surface area contributed by atoms with Crippen molar-refractivity contribution in [2.24, 2.45) is 0 Å². The van der Waals surface area contributed by atoms with Gasteiger partial charge in [-0.3, -0.25) is 10.1 Å². The third kappa shape index (κ3) is 2.42. The lowest BCUT2D eigenvalue weighted by Gasteiger charge is -2.19. The first-order valence-corrected chi connectivity index (χ1v) is 6.03. The summed E-state index contributed by atoms with van der Waals surface area (Å²) in [6.07, 6.45) is -0.850. The van der Waals surface area contributed by atoms with E-state index in [-0.39, 0.29) is 6.61 Å². The largest absolute Gasteiger partial charge is 0.497 e. The van der Waals surface area contributed by atoms with E-state index in [9.17, 15) is 14.4 Å². The average molecular weight is 278 g/mol. The number of hydrogen-bond donors (Lipinski definition) is 1. The SMILES string of the molecule is CCOC(=O)N1C(=O)NC(=O)C1c1ccc(OC)cc1. The summed E-state index contributed by atoms with van der Waals surface area (Å²) < 4.78 is 9.81. The summed E-state index contributed by atoms with van der Waals surface area (Å²) in [5.41, 5.74) is 0.502. The van der Waals surface area contributed by atoms with Gasteiger partial charge in [-0.25, -0.2) is 14.5 Å². The Hall–Kier alpha value is -2.57. The number of rotatable bonds is 3. The summed E-state index contributed by atoms with van der Waals surface area (Å²) in [7, 11) is 1.52. The van der Waals surface area contributed by atoms with Gasteiger partial charge in [-0.15, -0.1) is 0 Å². The Balaban J connectivity index is 2.32. The maximum atomic E-state index is 11.8. The molecule has 1 N–H and O–H groups in total. The minimum absolute atomic E-state index is 0.117. The van der Waals surface area contributed by atoms with E-state index in [2.05, 4.69) is 5.32 Å². The van der Waals surface area contributed by atoms with Gasteiger partial charge < -0.3 is 9.47 Å². The topological polar surface area (TPSA) is 84.9 Å². The van der Waals surface area contributed by atoms with E-state index >= 15 is 0 Å². The zero-order chi connectivity index (χ0) is 14.7. The van der Waals surface area contributed by atoms with Crippen molar-refractivity contribution in [3.05, 3.63) is 29.8 Å². The molecule has 7 heteroatoms. The number of benzene rings is 1. The molecule has 2 rings (SSSR count). The van der Waals surface area contributed by atoms with Crippen LogP contribution in [-0.4, -0.2) is 36.6 Å². The minimum Gasteiger partial charge on any atom is -0.497 e. The summed E-state index contributed by atoms with van der Waals surface area (Å²) in [6, 6.07) is 4.73. The molecule has 0 spiro atoms. The second kappa shape index (κ2) is 5.60. The lowest BCUT2D eigenvalue weighted by molar-refractivity contribution is -0.121. The van der Waals surface area contributed by atoms with Crippen LogP contribution in [0.3, 0.4) is 0 Å². The van der Waals surface area contributed by atoms with Crippen molar-refractivity contribution in [3.8, 4) is 5.75 Å². The van der Waals surface area contributed by atoms with E-state index in [1.54, 1.807) is 31.2 Å². The molecule has 1 fully saturated rings. The first-order valence-electron chi connectivity index (χ1n) is 6.03. The Labute approximate surface area is 115 Å². The van der Waals surface area contributed by atoms with Crippen LogP contribution in [-0.2, 0) is 9.53 Å². The van der Waals surface area contributed by atoms with Crippen LogP contribution in [0.1, 0.15) is 18.5 Å². The van der Waals surface area contributed by atoms with E-state index in [1.807, 2.05) is 0 Å². The van der Waals surface area contributed by atoms with Gasteiger partial charge in [0.1, 0.15) is 11.8 Å². The quantitative estimate of drug-likeness (QED) is 0.846. The van der Waals surface area contributed by atoms with Crippen molar-refractivity contribution in [2.75, 3.05) is 13.7 Å². The van der Waals surface area contributed by atoms with Crippen molar-refractivity contribution in [2.45, 2.75) is 13.0 Å². The Morgan fingerprint density at radius 3 is 2.50 bits per heavy atom. The molecule has 1 aliphatic rings. The van der Waals surface area contributed by atoms with Crippen molar-refractivity contribution in [3.63, 3.8) is 0 Å². The van der Waals surface area contributed by atoms with Crippen LogP contribution in [0.2, 0.25) is 0 Å². The number of hydrogen-bond acceptors (Lipinski definition) is 5. The number of amides is 4. The first-order chi connectivity index (χ1) is 9.58. The van der Waals surface area contributed by atoms with Gasteiger partial charge in [0.05, 0.1) is 13.7 Å². The molecular weight excluding hydrogens is 264 g/mol. The molecule has 1 aliphatic heterocycles.